The summed E-state index contributed by atoms with van der Waals surface area (Å²) in [6.07, 6.45) is 4.12. The predicted molar refractivity (Wildman–Crippen MR) is 68.3 cm³/mol. The van der Waals surface area contributed by atoms with Crippen LogP contribution in [0.4, 0.5) is 5.82 Å². The second-order valence-electron chi connectivity index (χ2n) is 4.67. The molecule has 1 aromatic rings. The number of carbonyl (C=O) groups is 1. The lowest BCUT2D eigenvalue weighted by Crippen LogP contribution is -2.47. The van der Waals surface area contributed by atoms with E-state index >= 15 is 0 Å². The van der Waals surface area contributed by atoms with E-state index in [0.29, 0.717) is 22.9 Å². The predicted octanol–water partition coefficient (Wildman–Crippen LogP) is 1.33. The Labute approximate surface area is 112 Å². The van der Waals surface area contributed by atoms with Gasteiger partial charge < -0.3 is 10.1 Å². The number of hydrogen-bond donors (Lipinski definition) is 1. The summed E-state index contributed by atoms with van der Waals surface area (Å²) < 4.78 is 11.9. The van der Waals surface area contributed by atoms with Crippen molar-refractivity contribution in [2.24, 2.45) is 0 Å². The normalized spacial score (nSPS) is 24.2. The van der Waals surface area contributed by atoms with E-state index in [1.165, 1.54) is 0 Å². The summed E-state index contributed by atoms with van der Waals surface area (Å²) in [4.78, 5) is 20.0. The van der Waals surface area contributed by atoms with Crippen molar-refractivity contribution in [3.05, 3.63) is 11.0 Å². The number of hydrogen-bond acceptors (Lipinski definition) is 5. The minimum atomic E-state index is -1.09. The highest BCUT2D eigenvalue weighted by molar-refractivity contribution is 7.85. The van der Waals surface area contributed by atoms with Gasteiger partial charge >= 0.3 is 0 Å². The Morgan fingerprint density at radius 1 is 1.39 bits per heavy atom. The van der Waals surface area contributed by atoms with E-state index in [-0.39, 0.29) is 5.28 Å². The van der Waals surface area contributed by atoms with Crippen molar-refractivity contribution in [2.45, 2.75) is 36.1 Å². The van der Waals surface area contributed by atoms with E-state index in [2.05, 4.69) is 15.3 Å². The van der Waals surface area contributed by atoms with Crippen LogP contribution < -0.4 is 5.32 Å². The SMILES string of the molecule is O=CC1(Nc2nc(Cl)nc3c2[S@](=O)CC3)CCC1. The third-order valence-corrected chi connectivity index (χ3v) is 5.13. The fraction of sp³-hybridized carbons (Fsp3) is 0.545. The number of aryl methyl sites for hydroxylation is 1. The van der Waals surface area contributed by atoms with Crippen LogP contribution in [0.2, 0.25) is 5.28 Å². The van der Waals surface area contributed by atoms with Gasteiger partial charge in [0.1, 0.15) is 17.0 Å². The van der Waals surface area contributed by atoms with Crippen LogP contribution in [0.15, 0.2) is 4.90 Å². The maximum Gasteiger partial charge on any atom is 0.224 e. The van der Waals surface area contributed by atoms with Gasteiger partial charge in [0.2, 0.25) is 5.28 Å². The molecule has 1 aliphatic carbocycles. The molecule has 96 valence electrons. The fourth-order valence-corrected chi connectivity index (χ4v) is 3.81. The second kappa shape index (κ2) is 4.28. The van der Waals surface area contributed by atoms with Crippen molar-refractivity contribution in [2.75, 3.05) is 11.1 Å². The first-order chi connectivity index (χ1) is 8.63. The number of rotatable bonds is 3. The van der Waals surface area contributed by atoms with Crippen molar-refractivity contribution in [1.82, 2.24) is 9.97 Å². The van der Waals surface area contributed by atoms with E-state index in [9.17, 15) is 9.00 Å². The lowest BCUT2D eigenvalue weighted by molar-refractivity contribution is -0.113. The zero-order valence-electron chi connectivity index (χ0n) is 9.61. The lowest BCUT2D eigenvalue weighted by Gasteiger charge is -2.38. The number of carbonyl (C=O) groups excluding carboxylic acids is 1. The van der Waals surface area contributed by atoms with E-state index in [0.717, 1.165) is 31.2 Å². The highest BCUT2D eigenvalue weighted by atomic mass is 35.5. The van der Waals surface area contributed by atoms with Crippen molar-refractivity contribution >= 4 is 34.5 Å². The van der Waals surface area contributed by atoms with Gasteiger partial charge in [-0.3, -0.25) is 4.21 Å². The molecule has 1 N–H and O–H groups in total. The fourth-order valence-electron chi connectivity index (χ4n) is 2.32. The lowest BCUT2D eigenvalue weighted by atomic mass is 9.78. The molecule has 0 amide bonds. The largest absolute Gasteiger partial charge is 0.357 e. The summed E-state index contributed by atoms with van der Waals surface area (Å²) in [6.45, 7) is 0. The molecule has 1 fully saturated rings. The van der Waals surface area contributed by atoms with E-state index < -0.39 is 16.3 Å². The third kappa shape index (κ3) is 1.83. The van der Waals surface area contributed by atoms with Crippen LogP contribution >= 0.6 is 11.6 Å². The molecule has 0 spiro atoms. The van der Waals surface area contributed by atoms with Gasteiger partial charge in [0.05, 0.1) is 22.0 Å². The molecule has 0 saturated heterocycles. The van der Waals surface area contributed by atoms with Crippen LogP contribution in [0.3, 0.4) is 0 Å². The summed E-state index contributed by atoms with van der Waals surface area (Å²) in [5.74, 6) is 1.01. The number of anilines is 1. The van der Waals surface area contributed by atoms with Crippen molar-refractivity contribution in [3.8, 4) is 0 Å². The van der Waals surface area contributed by atoms with Crippen LogP contribution in [0.25, 0.3) is 0 Å². The summed E-state index contributed by atoms with van der Waals surface area (Å²) in [5.41, 5.74) is 0.175. The maximum absolute atomic E-state index is 11.9. The van der Waals surface area contributed by atoms with Gasteiger partial charge in [-0.15, -0.1) is 0 Å². The van der Waals surface area contributed by atoms with Gasteiger partial charge in [-0.25, -0.2) is 4.98 Å². The van der Waals surface area contributed by atoms with Gasteiger partial charge in [0.25, 0.3) is 0 Å². The zero-order valence-corrected chi connectivity index (χ0v) is 11.2. The van der Waals surface area contributed by atoms with Crippen LogP contribution in [0.1, 0.15) is 25.0 Å². The molecule has 0 unspecified atom stereocenters. The van der Waals surface area contributed by atoms with Gasteiger partial charge in [-0.1, -0.05) is 0 Å². The molecular formula is C11H12ClN3O2S. The molecule has 1 atom stereocenters. The number of halogens is 1. The molecule has 1 aliphatic heterocycles. The van der Waals surface area contributed by atoms with Gasteiger partial charge in [-0.2, -0.15) is 4.98 Å². The highest BCUT2D eigenvalue weighted by Crippen LogP contribution is 2.36. The Balaban J connectivity index is 2.01. The molecule has 7 heteroatoms. The van der Waals surface area contributed by atoms with Crippen molar-refractivity contribution in [3.63, 3.8) is 0 Å². The third-order valence-electron chi connectivity index (χ3n) is 3.50. The standard InChI is InChI=1S/C11H12ClN3O2S/c12-10-13-7-2-5-18(17)8(7)9(14-10)15-11(6-16)3-1-4-11/h6H,1-5H2,(H,13,14,15)/t18-/m1/s1. The summed E-state index contributed by atoms with van der Waals surface area (Å²) >= 11 is 5.86. The monoisotopic (exact) mass is 285 g/mol. The number of nitrogens with one attached hydrogen (secondary N) is 1. The number of aldehydes is 1. The molecule has 1 aromatic heterocycles. The number of fused-ring (bicyclic) bond motifs is 1. The van der Waals surface area contributed by atoms with Crippen LogP contribution in [-0.4, -0.2) is 31.8 Å². The molecule has 18 heavy (non-hydrogen) atoms. The van der Waals surface area contributed by atoms with Gasteiger partial charge in [0, 0.05) is 12.2 Å². The van der Waals surface area contributed by atoms with Crippen molar-refractivity contribution < 1.29 is 9.00 Å². The smallest absolute Gasteiger partial charge is 0.224 e. The maximum atomic E-state index is 11.9. The van der Waals surface area contributed by atoms with E-state index in [1.54, 1.807) is 0 Å². The molecule has 3 rings (SSSR count). The molecular weight excluding hydrogens is 274 g/mol. The molecule has 0 bridgehead atoms. The van der Waals surface area contributed by atoms with E-state index in [1.807, 2.05) is 0 Å². The van der Waals surface area contributed by atoms with Crippen molar-refractivity contribution in [1.29, 1.82) is 0 Å². The average molecular weight is 286 g/mol. The zero-order chi connectivity index (χ0) is 12.8. The summed E-state index contributed by atoms with van der Waals surface area (Å²) in [6, 6.07) is 0. The van der Waals surface area contributed by atoms with E-state index in [4.69, 9.17) is 11.6 Å². The van der Waals surface area contributed by atoms with Gasteiger partial charge in [-0.05, 0) is 30.9 Å². The molecule has 0 radical (unpaired) electrons. The Bertz CT molecular complexity index is 545. The first-order valence-corrected chi connectivity index (χ1v) is 7.52. The summed E-state index contributed by atoms with van der Waals surface area (Å²) in [5, 5.41) is 3.25. The van der Waals surface area contributed by atoms with Crippen LogP contribution in [-0.2, 0) is 22.0 Å². The molecule has 5 nitrogen and oxygen atoms in total. The number of aromatic nitrogens is 2. The number of nitrogens with zero attached hydrogens (tertiary/aromatic N) is 2. The Hall–Kier alpha value is -1.01. The minimum absolute atomic E-state index is 0.135. The van der Waals surface area contributed by atoms with Crippen LogP contribution in [0.5, 0.6) is 0 Å². The van der Waals surface area contributed by atoms with Crippen LogP contribution in [0, 0.1) is 0 Å². The molecule has 0 aromatic carbocycles. The first kappa shape index (κ1) is 12.0. The Morgan fingerprint density at radius 3 is 2.78 bits per heavy atom. The molecule has 1 saturated carbocycles. The highest BCUT2D eigenvalue weighted by Gasteiger charge is 2.39. The summed E-state index contributed by atoms with van der Waals surface area (Å²) in [7, 11) is -1.09. The first-order valence-electron chi connectivity index (χ1n) is 5.83. The Kier molecular flexibility index (Phi) is 2.86. The quantitative estimate of drug-likeness (QED) is 0.670. The van der Waals surface area contributed by atoms with Gasteiger partial charge in [0.15, 0.2) is 0 Å². The average Bonchev–Trinajstić information content (AvgIpc) is 2.65. The Morgan fingerprint density at radius 2 is 2.17 bits per heavy atom. The molecule has 2 heterocycles. The minimum Gasteiger partial charge on any atom is -0.357 e. The topological polar surface area (TPSA) is 72.0 Å². The second-order valence-corrected chi connectivity index (χ2v) is 6.51. The molecule has 2 aliphatic rings.